The van der Waals surface area contributed by atoms with Crippen molar-refractivity contribution in [1.29, 1.82) is 0 Å². The molecule has 3 N–H and O–H groups in total. The molecule has 0 saturated carbocycles. The van der Waals surface area contributed by atoms with Gasteiger partial charge in [-0.2, -0.15) is 0 Å². The summed E-state index contributed by atoms with van der Waals surface area (Å²) < 4.78 is 0. The standard InChI is InChI=1S/C9H18N2O/c10-9-3-6-11(7-4-9)5-1-2-8-12/h1-2,9,12H,3-8,10H2/b2-1+. The number of aliphatic hydroxyl groups is 1. The van der Waals surface area contributed by atoms with Crippen LogP contribution < -0.4 is 5.73 Å². The van der Waals surface area contributed by atoms with E-state index >= 15 is 0 Å². The van der Waals surface area contributed by atoms with Crippen molar-refractivity contribution in [2.24, 2.45) is 5.73 Å². The Labute approximate surface area is 73.9 Å². The molecule has 0 atom stereocenters. The zero-order valence-corrected chi connectivity index (χ0v) is 7.45. The maximum absolute atomic E-state index is 8.51. The predicted octanol–water partition coefficient (Wildman–Crippen LogP) is -0.0420. The number of hydrogen-bond donors (Lipinski definition) is 2. The van der Waals surface area contributed by atoms with Gasteiger partial charge in [0, 0.05) is 12.6 Å². The summed E-state index contributed by atoms with van der Waals surface area (Å²) in [6.07, 6.45) is 6.01. The second-order valence-corrected chi connectivity index (χ2v) is 3.29. The van der Waals surface area contributed by atoms with Crippen LogP contribution in [-0.4, -0.2) is 42.3 Å². The molecule has 3 nitrogen and oxygen atoms in total. The van der Waals surface area contributed by atoms with Crippen LogP contribution in [0.3, 0.4) is 0 Å². The van der Waals surface area contributed by atoms with Gasteiger partial charge in [-0.3, -0.25) is 4.90 Å². The average molecular weight is 170 g/mol. The lowest BCUT2D eigenvalue weighted by Crippen LogP contribution is -2.39. The van der Waals surface area contributed by atoms with Gasteiger partial charge in [0.25, 0.3) is 0 Å². The summed E-state index contributed by atoms with van der Waals surface area (Å²) in [5, 5.41) is 8.51. The van der Waals surface area contributed by atoms with Gasteiger partial charge in [0.05, 0.1) is 6.61 Å². The minimum atomic E-state index is 0.146. The van der Waals surface area contributed by atoms with Crippen LogP contribution in [0.25, 0.3) is 0 Å². The summed E-state index contributed by atoms with van der Waals surface area (Å²) in [6, 6.07) is 0.406. The molecule has 0 spiro atoms. The highest BCUT2D eigenvalue weighted by molar-refractivity contribution is 4.86. The van der Waals surface area contributed by atoms with Crippen molar-refractivity contribution in [3.8, 4) is 0 Å². The fourth-order valence-corrected chi connectivity index (χ4v) is 1.43. The zero-order chi connectivity index (χ0) is 8.81. The van der Waals surface area contributed by atoms with E-state index in [-0.39, 0.29) is 6.61 Å². The molecule has 1 heterocycles. The molecule has 0 bridgehead atoms. The number of nitrogens with two attached hydrogens (primary N) is 1. The molecule has 0 radical (unpaired) electrons. The molecule has 70 valence electrons. The summed E-state index contributed by atoms with van der Waals surface area (Å²) >= 11 is 0. The Morgan fingerprint density at radius 1 is 1.33 bits per heavy atom. The lowest BCUT2D eigenvalue weighted by atomic mass is 10.1. The van der Waals surface area contributed by atoms with E-state index < -0.39 is 0 Å². The maximum Gasteiger partial charge on any atom is 0.0612 e. The molecule has 0 aliphatic carbocycles. The number of rotatable bonds is 3. The summed E-state index contributed by atoms with van der Waals surface area (Å²) in [5.74, 6) is 0. The summed E-state index contributed by atoms with van der Waals surface area (Å²) in [5.41, 5.74) is 5.77. The maximum atomic E-state index is 8.51. The molecular formula is C9H18N2O. The third-order valence-corrected chi connectivity index (χ3v) is 2.27. The minimum absolute atomic E-state index is 0.146. The van der Waals surface area contributed by atoms with Crippen LogP contribution in [0.5, 0.6) is 0 Å². The van der Waals surface area contributed by atoms with E-state index in [2.05, 4.69) is 4.90 Å². The van der Waals surface area contributed by atoms with E-state index in [0.29, 0.717) is 6.04 Å². The van der Waals surface area contributed by atoms with Gasteiger partial charge in [0.2, 0.25) is 0 Å². The van der Waals surface area contributed by atoms with E-state index in [0.717, 1.165) is 32.5 Å². The van der Waals surface area contributed by atoms with Crippen LogP contribution in [0.4, 0.5) is 0 Å². The fraction of sp³-hybridized carbons (Fsp3) is 0.778. The highest BCUT2D eigenvalue weighted by Crippen LogP contribution is 2.07. The van der Waals surface area contributed by atoms with Gasteiger partial charge in [-0.1, -0.05) is 12.2 Å². The molecule has 1 aliphatic rings. The summed E-state index contributed by atoms with van der Waals surface area (Å²) in [7, 11) is 0. The Morgan fingerprint density at radius 3 is 2.58 bits per heavy atom. The third-order valence-electron chi connectivity index (χ3n) is 2.27. The molecule has 1 saturated heterocycles. The fourth-order valence-electron chi connectivity index (χ4n) is 1.43. The van der Waals surface area contributed by atoms with Gasteiger partial charge in [0.1, 0.15) is 0 Å². The molecule has 1 rings (SSSR count). The van der Waals surface area contributed by atoms with Crippen LogP contribution >= 0.6 is 0 Å². The highest BCUT2D eigenvalue weighted by atomic mass is 16.2. The van der Waals surface area contributed by atoms with Crippen molar-refractivity contribution < 1.29 is 5.11 Å². The van der Waals surface area contributed by atoms with Gasteiger partial charge >= 0.3 is 0 Å². The van der Waals surface area contributed by atoms with Crippen LogP contribution in [0.1, 0.15) is 12.8 Å². The van der Waals surface area contributed by atoms with Crippen LogP contribution in [0.2, 0.25) is 0 Å². The third kappa shape index (κ3) is 3.34. The second-order valence-electron chi connectivity index (χ2n) is 3.29. The first-order valence-corrected chi connectivity index (χ1v) is 4.56. The van der Waals surface area contributed by atoms with Crippen LogP contribution in [0, 0.1) is 0 Å². The van der Waals surface area contributed by atoms with E-state index in [1.807, 2.05) is 6.08 Å². The van der Waals surface area contributed by atoms with Gasteiger partial charge in [0.15, 0.2) is 0 Å². The molecule has 1 fully saturated rings. The van der Waals surface area contributed by atoms with Gasteiger partial charge in [-0.05, 0) is 25.9 Å². The lowest BCUT2D eigenvalue weighted by molar-refractivity contribution is 0.233. The van der Waals surface area contributed by atoms with E-state index in [9.17, 15) is 0 Å². The molecular weight excluding hydrogens is 152 g/mol. The minimum Gasteiger partial charge on any atom is -0.392 e. The van der Waals surface area contributed by atoms with Crippen molar-refractivity contribution in [3.63, 3.8) is 0 Å². The molecule has 0 amide bonds. The Hall–Kier alpha value is -0.380. The van der Waals surface area contributed by atoms with Crippen LogP contribution in [-0.2, 0) is 0 Å². The van der Waals surface area contributed by atoms with E-state index in [1.165, 1.54) is 0 Å². The molecule has 0 unspecified atom stereocenters. The Bertz CT molecular complexity index is 139. The smallest absolute Gasteiger partial charge is 0.0612 e. The monoisotopic (exact) mass is 170 g/mol. The average Bonchev–Trinajstić information content (AvgIpc) is 2.09. The Balaban J connectivity index is 2.13. The predicted molar refractivity (Wildman–Crippen MR) is 49.9 cm³/mol. The topological polar surface area (TPSA) is 49.5 Å². The van der Waals surface area contributed by atoms with Crippen molar-refractivity contribution >= 4 is 0 Å². The molecule has 1 aliphatic heterocycles. The first-order valence-electron chi connectivity index (χ1n) is 4.56. The van der Waals surface area contributed by atoms with Gasteiger partial charge < -0.3 is 10.8 Å². The number of nitrogens with zero attached hydrogens (tertiary/aromatic N) is 1. The quantitative estimate of drug-likeness (QED) is 0.584. The second kappa shape index (κ2) is 5.30. The van der Waals surface area contributed by atoms with E-state index in [1.54, 1.807) is 6.08 Å². The Morgan fingerprint density at radius 2 is 2.00 bits per heavy atom. The normalized spacial score (nSPS) is 22.2. The Kier molecular flexibility index (Phi) is 4.29. The number of aliphatic hydroxyl groups excluding tert-OH is 1. The van der Waals surface area contributed by atoms with Crippen molar-refractivity contribution in [3.05, 3.63) is 12.2 Å². The van der Waals surface area contributed by atoms with Gasteiger partial charge in [-0.25, -0.2) is 0 Å². The van der Waals surface area contributed by atoms with Crippen molar-refractivity contribution in [2.75, 3.05) is 26.2 Å². The van der Waals surface area contributed by atoms with Crippen molar-refractivity contribution in [1.82, 2.24) is 4.90 Å². The van der Waals surface area contributed by atoms with Gasteiger partial charge in [-0.15, -0.1) is 0 Å². The first-order chi connectivity index (χ1) is 5.83. The van der Waals surface area contributed by atoms with E-state index in [4.69, 9.17) is 10.8 Å². The molecule has 3 heteroatoms. The molecule has 0 aromatic carbocycles. The molecule has 0 aromatic rings. The van der Waals surface area contributed by atoms with Crippen molar-refractivity contribution in [2.45, 2.75) is 18.9 Å². The molecule has 0 aromatic heterocycles. The number of hydrogen-bond acceptors (Lipinski definition) is 3. The number of likely N-dealkylation sites (tertiary alicyclic amines) is 1. The van der Waals surface area contributed by atoms with Crippen LogP contribution in [0.15, 0.2) is 12.2 Å². The highest BCUT2D eigenvalue weighted by Gasteiger charge is 2.13. The zero-order valence-electron chi connectivity index (χ0n) is 7.45. The largest absolute Gasteiger partial charge is 0.392 e. The summed E-state index contributed by atoms with van der Waals surface area (Å²) in [4.78, 5) is 2.36. The lowest BCUT2D eigenvalue weighted by Gasteiger charge is -2.28. The first kappa shape index (κ1) is 9.71. The number of piperidine rings is 1. The SMILES string of the molecule is NC1CCN(C/C=C/CO)CC1. The molecule has 12 heavy (non-hydrogen) atoms. The summed E-state index contributed by atoms with van der Waals surface area (Å²) in [6.45, 7) is 3.29.